The van der Waals surface area contributed by atoms with Crippen molar-refractivity contribution in [3.63, 3.8) is 0 Å². The van der Waals surface area contributed by atoms with Crippen molar-refractivity contribution in [3.8, 4) is 0 Å². The molecule has 0 fully saturated rings. The lowest BCUT2D eigenvalue weighted by molar-refractivity contribution is -0.136. The Morgan fingerprint density at radius 3 is 2.80 bits per heavy atom. The van der Waals surface area contributed by atoms with E-state index < -0.39 is 12.0 Å². The molecule has 0 aliphatic carbocycles. The molecule has 80 valence electrons. The normalized spacial score (nSPS) is 11.9. The van der Waals surface area contributed by atoms with Crippen LogP contribution in [0.25, 0.3) is 0 Å². The maximum atomic E-state index is 10.7. The molecule has 0 aromatic heterocycles. The van der Waals surface area contributed by atoms with Gasteiger partial charge in [-0.25, -0.2) is 4.79 Å². The molecule has 0 saturated carbocycles. The van der Waals surface area contributed by atoms with Crippen LogP contribution in [0.15, 0.2) is 30.9 Å². The van der Waals surface area contributed by atoms with E-state index in [0.29, 0.717) is 10.7 Å². The fourth-order valence-corrected chi connectivity index (χ4v) is 1.91. The summed E-state index contributed by atoms with van der Waals surface area (Å²) in [5, 5.41) is 12.1. The Kier molecular flexibility index (Phi) is 4.41. The average molecular weight is 338 g/mol. The summed E-state index contributed by atoms with van der Waals surface area (Å²) in [6.07, 6.45) is 1.32. The number of carboxylic acid groups (broad SMARTS) is 1. The predicted octanol–water partition coefficient (Wildman–Crippen LogP) is 3.00. The van der Waals surface area contributed by atoms with Crippen LogP contribution in [-0.4, -0.2) is 17.1 Å². The SMILES string of the molecule is C=CC(Nc1ccc(I)cc1Cl)C(=O)O. The van der Waals surface area contributed by atoms with Crippen LogP contribution < -0.4 is 5.32 Å². The van der Waals surface area contributed by atoms with Crippen LogP contribution >= 0.6 is 34.2 Å². The van der Waals surface area contributed by atoms with E-state index in [0.717, 1.165) is 3.57 Å². The van der Waals surface area contributed by atoms with Crippen LogP contribution in [0, 0.1) is 3.57 Å². The number of anilines is 1. The van der Waals surface area contributed by atoms with Crippen LogP contribution in [0.1, 0.15) is 0 Å². The van der Waals surface area contributed by atoms with Crippen molar-refractivity contribution in [3.05, 3.63) is 39.4 Å². The van der Waals surface area contributed by atoms with Crippen molar-refractivity contribution in [2.45, 2.75) is 6.04 Å². The van der Waals surface area contributed by atoms with Crippen LogP contribution in [0.2, 0.25) is 5.02 Å². The molecule has 2 N–H and O–H groups in total. The first kappa shape index (κ1) is 12.3. The van der Waals surface area contributed by atoms with E-state index in [4.69, 9.17) is 16.7 Å². The number of halogens is 2. The molecule has 15 heavy (non-hydrogen) atoms. The predicted molar refractivity (Wildman–Crippen MR) is 69.4 cm³/mol. The second kappa shape index (κ2) is 5.37. The Morgan fingerprint density at radius 1 is 1.67 bits per heavy atom. The number of benzene rings is 1. The number of carbonyl (C=O) groups is 1. The van der Waals surface area contributed by atoms with E-state index >= 15 is 0 Å². The van der Waals surface area contributed by atoms with Crippen molar-refractivity contribution in [1.82, 2.24) is 0 Å². The number of hydrogen-bond acceptors (Lipinski definition) is 2. The highest BCUT2D eigenvalue weighted by atomic mass is 127. The van der Waals surface area contributed by atoms with Crippen LogP contribution in [0.4, 0.5) is 5.69 Å². The molecule has 1 rings (SSSR count). The monoisotopic (exact) mass is 337 g/mol. The van der Waals surface area contributed by atoms with Crippen molar-refractivity contribution in [2.24, 2.45) is 0 Å². The minimum absolute atomic E-state index is 0.495. The number of rotatable bonds is 4. The molecule has 1 aromatic carbocycles. The number of carboxylic acids is 1. The maximum Gasteiger partial charge on any atom is 0.330 e. The molecule has 1 unspecified atom stereocenters. The first-order chi connectivity index (χ1) is 7.04. The Bertz CT molecular complexity index is 395. The number of aliphatic carboxylic acids is 1. The maximum absolute atomic E-state index is 10.7. The minimum Gasteiger partial charge on any atom is -0.479 e. The summed E-state index contributed by atoms with van der Waals surface area (Å²) in [5.41, 5.74) is 0.587. The summed E-state index contributed by atoms with van der Waals surface area (Å²) in [7, 11) is 0. The molecule has 0 bridgehead atoms. The summed E-state index contributed by atoms with van der Waals surface area (Å²) >= 11 is 8.07. The van der Waals surface area contributed by atoms with Gasteiger partial charge in [0.05, 0.1) is 10.7 Å². The van der Waals surface area contributed by atoms with Gasteiger partial charge in [0.2, 0.25) is 0 Å². The zero-order chi connectivity index (χ0) is 11.4. The highest BCUT2D eigenvalue weighted by Gasteiger charge is 2.13. The van der Waals surface area contributed by atoms with Gasteiger partial charge in [-0.3, -0.25) is 0 Å². The third-order valence-corrected chi connectivity index (χ3v) is 2.73. The molecule has 1 aromatic rings. The minimum atomic E-state index is -0.986. The lowest BCUT2D eigenvalue weighted by atomic mass is 10.2. The zero-order valence-corrected chi connectivity index (χ0v) is 10.6. The average Bonchev–Trinajstić information content (AvgIpc) is 2.16. The standard InChI is InChI=1S/C10H9ClINO2/c1-2-8(10(14)15)13-9-4-3-6(12)5-7(9)11/h2-5,8,13H,1H2,(H,14,15). The molecule has 0 spiro atoms. The van der Waals surface area contributed by atoms with Gasteiger partial charge < -0.3 is 10.4 Å². The van der Waals surface area contributed by atoms with Gasteiger partial charge in [-0.05, 0) is 40.8 Å². The highest BCUT2D eigenvalue weighted by Crippen LogP contribution is 2.24. The van der Waals surface area contributed by atoms with Gasteiger partial charge >= 0.3 is 5.97 Å². The second-order valence-corrected chi connectivity index (χ2v) is 4.47. The van der Waals surface area contributed by atoms with Crippen LogP contribution in [0.3, 0.4) is 0 Å². The molecule has 1 atom stereocenters. The van der Waals surface area contributed by atoms with E-state index in [1.165, 1.54) is 6.08 Å². The fourth-order valence-electron chi connectivity index (χ4n) is 0.996. The third-order valence-electron chi connectivity index (χ3n) is 1.74. The summed E-state index contributed by atoms with van der Waals surface area (Å²) in [4.78, 5) is 10.7. The zero-order valence-electron chi connectivity index (χ0n) is 7.71. The van der Waals surface area contributed by atoms with Gasteiger partial charge in [-0.1, -0.05) is 17.7 Å². The van der Waals surface area contributed by atoms with E-state index in [2.05, 4.69) is 34.5 Å². The molecule has 0 aliphatic heterocycles. The van der Waals surface area contributed by atoms with Gasteiger partial charge in [0, 0.05) is 3.57 Å². The summed E-state index contributed by atoms with van der Waals surface area (Å²) in [5.74, 6) is -0.986. The van der Waals surface area contributed by atoms with Crippen molar-refractivity contribution < 1.29 is 9.90 Å². The molecule has 0 aliphatic rings. The number of hydrogen-bond donors (Lipinski definition) is 2. The van der Waals surface area contributed by atoms with E-state index in [1.807, 2.05) is 6.07 Å². The first-order valence-electron chi connectivity index (χ1n) is 4.11. The van der Waals surface area contributed by atoms with Crippen molar-refractivity contribution in [2.75, 3.05) is 5.32 Å². The lowest BCUT2D eigenvalue weighted by Crippen LogP contribution is -2.26. The quantitative estimate of drug-likeness (QED) is 0.656. The molecule has 5 heteroatoms. The Labute approximate surface area is 106 Å². The molecule has 0 saturated heterocycles. The Hall–Kier alpha value is -0.750. The first-order valence-corrected chi connectivity index (χ1v) is 5.57. The van der Waals surface area contributed by atoms with Gasteiger partial charge in [-0.2, -0.15) is 0 Å². The van der Waals surface area contributed by atoms with Gasteiger partial charge in [0.25, 0.3) is 0 Å². The topological polar surface area (TPSA) is 49.3 Å². The Balaban J connectivity index is 2.88. The third kappa shape index (κ3) is 3.39. The van der Waals surface area contributed by atoms with Crippen molar-refractivity contribution >= 4 is 45.8 Å². The summed E-state index contributed by atoms with van der Waals surface area (Å²) < 4.78 is 0.994. The van der Waals surface area contributed by atoms with Gasteiger partial charge in [0.1, 0.15) is 6.04 Å². The molecule has 0 amide bonds. The summed E-state index contributed by atoms with van der Waals surface area (Å²) in [6.45, 7) is 3.44. The van der Waals surface area contributed by atoms with Crippen LogP contribution in [-0.2, 0) is 4.79 Å². The Morgan fingerprint density at radius 2 is 2.33 bits per heavy atom. The largest absolute Gasteiger partial charge is 0.479 e. The molecule has 3 nitrogen and oxygen atoms in total. The van der Waals surface area contributed by atoms with Gasteiger partial charge in [0.15, 0.2) is 0 Å². The number of nitrogens with one attached hydrogen (secondary N) is 1. The van der Waals surface area contributed by atoms with E-state index in [-0.39, 0.29) is 0 Å². The smallest absolute Gasteiger partial charge is 0.330 e. The van der Waals surface area contributed by atoms with Crippen LogP contribution in [0.5, 0.6) is 0 Å². The molecular weight excluding hydrogens is 328 g/mol. The molecular formula is C10H9ClINO2. The lowest BCUT2D eigenvalue weighted by Gasteiger charge is -2.12. The fraction of sp³-hybridized carbons (Fsp3) is 0.100. The highest BCUT2D eigenvalue weighted by molar-refractivity contribution is 14.1. The van der Waals surface area contributed by atoms with E-state index in [1.54, 1.807) is 12.1 Å². The molecule has 0 heterocycles. The van der Waals surface area contributed by atoms with Crippen molar-refractivity contribution in [1.29, 1.82) is 0 Å². The summed E-state index contributed by atoms with van der Waals surface area (Å²) in [6, 6.07) is 4.51. The van der Waals surface area contributed by atoms with Gasteiger partial charge in [-0.15, -0.1) is 6.58 Å². The molecule has 0 radical (unpaired) electrons. The van der Waals surface area contributed by atoms with E-state index in [9.17, 15) is 4.79 Å². The second-order valence-electron chi connectivity index (χ2n) is 2.82.